The topological polar surface area (TPSA) is 81.8 Å². The Bertz CT molecular complexity index is 322. The lowest BCUT2D eigenvalue weighted by Gasteiger charge is -2.45. The highest BCUT2D eigenvalue weighted by molar-refractivity contribution is 5.71. The predicted octanol–water partition coefficient (Wildman–Crippen LogP) is 1.99. The summed E-state index contributed by atoms with van der Waals surface area (Å²) in [6, 6.07) is 0. The number of aliphatic carboxylic acids is 1. The predicted molar refractivity (Wildman–Crippen MR) is 72.7 cm³/mol. The van der Waals surface area contributed by atoms with E-state index in [0.717, 1.165) is 6.42 Å². The maximum absolute atomic E-state index is 11.6. The number of carbonyl (C=O) groups is 1. The lowest BCUT2D eigenvalue weighted by atomic mass is 9.75. The Hall–Kier alpha value is -0.650. The molecule has 1 heterocycles. The minimum atomic E-state index is -0.818. The number of carboxylic acid groups (broad SMARTS) is 1. The fourth-order valence-corrected chi connectivity index (χ4v) is 2.80. The van der Waals surface area contributed by atoms with Gasteiger partial charge in [0.25, 0.3) is 0 Å². The molecule has 3 atom stereocenters. The second kappa shape index (κ2) is 5.77. The standard InChI is InChI=1S/C14H27NO4/c1-13(2,3)11(12(16)17)10-8-9(6-7-15)18-14(4,5)19-10/h9-11H,6-8,15H2,1-5H3,(H,16,17). The highest BCUT2D eigenvalue weighted by atomic mass is 16.7. The summed E-state index contributed by atoms with van der Waals surface area (Å²) >= 11 is 0. The molecule has 5 heteroatoms. The van der Waals surface area contributed by atoms with E-state index in [-0.39, 0.29) is 17.6 Å². The quantitative estimate of drug-likeness (QED) is 0.818. The molecule has 1 fully saturated rings. The molecule has 0 spiro atoms. The van der Waals surface area contributed by atoms with Gasteiger partial charge in [-0.1, -0.05) is 20.8 Å². The van der Waals surface area contributed by atoms with Crippen molar-refractivity contribution in [2.75, 3.05) is 6.54 Å². The molecule has 3 unspecified atom stereocenters. The van der Waals surface area contributed by atoms with Crippen molar-refractivity contribution in [1.29, 1.82) is 0 Å². The maximum Gasteiger partial charge on any atom is 0.309 e. The highest BCUT2D eigenvalue weighted by Crippen LogP contribution is 2.38. The Morgan fingerprint density at radius 2 is 2.00 bits per heavy atom. The molecule has 0 aromatic rings. The van der Waals surface area contributed by atoms with Gasteiger partial charge >= 0.3 is 5.97 Å². The van der Waals surface area contributed by atoms with E-state index in [1.54, 1.807) is 0 Å². The van der Waals surface area contributed by atoms with Crippen LogP contribution >= 0.6 is 0 Å². The van der Waals surface area contributed by atoms with Gasteiger partial charge in [-0.25, -0.2) is 0 Å². The van der Waals surface area contributed by atoms with Crippen LogP contribution in [0.4, 0.5) is 0 Å². The van der Waals surface area contributed by atoms with E-state index in [1.807, 2.05) is 34.6 Å². The normalized spacial score (nSPS) is 28.9. The van der Waals surface area contributed by atoms with Gasteiger partial charge in [-0.15, -0.1) is 0 Å². The second-order valence-electron chi connectivity index (χ2n) is 6.79. The van der Waals surface area contributed by atoms with Crippen molar-refractivity contribution in [3.8, 4) is 0 Å². The minimum absolute atomic E-state index is 0.0389. The van der Waals surface area contributed by atoms with Crippen LogP contribution in [0.5, 0.6) is 0 Å². The molecule has 0 saturated carbocycles. The van der Waals surface area contributed by atoms with E-state index in [4.69, 9.17) is 15.2 Å². The molecule has 0 amide bonds. The van der Waals surface area contributed by atoms with Crippen LogP contribution in [0.2, 0.25) is 0 Å². The second-order valence-corrected chi connectivity index (χ2v) is 6.79. The van der Waals surface area contributed by atoms with Gasteiger partial charge in [0, 0.05) is 6.42 Å². The summed E-state index contributed by atoms with van der Waals surface area (Å²) < 4.78 is 11.6. The van der Waals surface area contributed by atoms with Crippen LogP contribution in [0.1, 0.15) is 47.5 Å². The van der Waals surface area contributed by atoms with E-state index in [2.05, 4.69) is 0 Å². The molecule has 0 aliphatic carbocycles. The maximum atomic E-state index is 11.6. The molecule has 3 N–H and O–H groups in total. The first-order valence-corrected chi connectivity index (χ1v) is 6.85. The lowest BCUT2D eigenvalue weighted by Crippen LogP contribution is -2.51. The highest BCUT2D eigenvalue weighted by Gasteiger charge is 2.45. The fourth-order valence-electron chi connectivity index (χ4n) is 2.80. The summed E-state index contributed by atoms with van der Waals surface area (Å²) in [7, 11) is 0. The average Bonchev–Trinajstić information content (AvgIpc) is 2.11. The first-order valence-electron chi connectivity index (χ1n) is 6.85. The Morgan fingerprint density at radius 1 is 1.42 bits per heavy atom. The molecular formula is C14H27NO4. The molecule has 1 saturated heterocycles. The Labute approximate surface area is 115 Å². The molecular weight excluding hydrogens is 246 g/mol. The molecule has 0 bridgehead atoms. The van der Waals surface area contributed by atoms with Crippen LogP contribution in [0.15, 0.2) is 0 Å². The number of carboxylic acids is 1. The molecule has 1 aliphatic heterocycles. The van der Waals surface area contributed by atoms with Crippen molar-refractivity contribution in [3.05, 3.63) is 0 Å². The van der Waals surface area contributed by atoms with Crippen LogP contribution in [-0.2, 0) is 14.3 Å². The van der Waals surface area contributed by atoms with E-state index in [0.29, 0.717) is 13.0 Å². The van der Waals surface area contributed by atoms with Gasteiger partial charge in [0.15, 0.2) is 5.79 Å². The monoisotopic (exact) mass is 273 g/mol. The summed E-state index contributed by atoms with van der Waals surface area (Å²) in [5.74, 6) is -2.14. The molecule has 0 aromatic heterocycles. The first-order chi connectivity index (χ1) is 8.57. The van der Waals surface area contributed by atoms with E-state index < -0.39 is 17.7 Å². The van der Waals surface area contributed by atoms with Gasteiger partial charge in [-0.3, -0.25) is 4.79 Å². The van der Waals surface area contributed by atoms with Gasteiger partial charge in [0.1, 0.15) is 0 Å². The van der Waals surface area contributed by atoms with Crippen LogP contribution in [-0.4, -0.2) is 35.6 Å². The zero-order valence-corrected chi connectivity index (χ0v) is 12.6. The van der Waals surface area contributed by atoms with Gasteiger partial charge in [0.05, 0.1) is 18.1 Å². The van der Waals surface area contributed by atoms with Crippen molar-refractivity contribution in [3.63, 3.8) is 0 Å². The fraction of sp³-hybridized carbons (Fsp3) is 0.929. The van der Waals surface area contributed by atoms with Crippen LogP contribution in [0, 0.1) is 11.3 Å². The third-order valence-corrected chi connectivity index (χ3v) is 3.44. The van der Waals surface area contributed by atoms with Crippen molar-refractivity contribution in [2.45, 2.75) is 65.5 Å². The number of hydrogen-bond donors (Lipinski definition) is 2. The summed E-state index contributed by atoms with van der Waals surface area (Å²) in [6.07, 6.45) is 0.912. The van der Waals surface area contributed by atoms with Crippen molar-refractivity contribution < 1.29 is 19.4 Å². The summed E-state index contributed by atoms with van der Waals surface area (Å²) in [6.45, 7) is 9.95. The summed E-state index contributed by atoms with van der Waals surface area (Å²) in [4.78, 5) is 11.6. The summed E-state index contributed by atoms with van der Waals surface area (Å²) in [5, 5.41) is 9.50. The van der Waals surface area contributed by atoms with E-state index >= 15 is 0 Å². The molecule has 1 rings (SSSR count). The SMILES string of the molecule is CC1(C)OC(CCN)CC(C(C(=O)O)C(C)(C)C)O1. The zero-order chi connectivity index (χ0) is 14.8. The summed E-state index contributed by atoms with van der Waals surface area (Å²) in [5.41, 5.74) is 5.21. The molecule has 0 radical (unpaired) electrons. The van der Waals surface area contributed by atoms with E-state index in [1.165, 1.54) is 0 Å². The first kappa shape index (κ1) is 16.4. The Balaban J connectivity index is 2.93. The van der Waals surface area contributed by atoms with Gasteiger partial charge in [0.2, 0.25) is 0 Å². The molecule has 5 nitrogen and oxygen atoms in total. The van der Waals surface area contributed by atoms with Crippen LogP contribution < -0.4 is 5.73 Å². The zero-order valence-electron chi connectivity index (χ0n) is 12.6. The van der Waals surface area contributed by atoms with Gasteiger partial charge in [-0.05, 0) is 32.2 Å². The lowest BCUT2D eigenvalue weighted by molar-refractivity contribution is -0.311. The average molecular weight is 273 g/mol. The smallest absolute Gasteiger partial charge is 0.309 e. The molecule has 19 heavy (non-hydrogen) atoms. The van der Waals surface area contributed by atoms with E-state index in [9.17, 15) is 9.90 Å². The number of rotatable bonds is 4. The Kier molecular flexibility index (Phi) is 4.98. The number of hydrogen-bond acceptors (Lipinski definition) is 4. The third kappa shape index (κ3) is 4.44. The van der Waals surface area contributed by atoms with Crippen molar-refractivity contribution >= 4 is 5.97 Å². The molecule has 112 valence electrons. The molecule has 1 aliphatic rings. The number of nitrogens with two attached hydrogens (primary N) is 1. The van der Waals surface area contributed by atoms with Crippen molar-refractivity contribution in [2.24, 2.45) is 17.1 Å². The minimum Gasteiger partial charge on any atom is -0.481 e. The number of ether oxygens (including phenoxy) is 2. The third-order valence-electron chi connectivity index (χ3n) is 3.44. The van der Waals surface area contributed by atoms with Gasteiger partial charge in [-0.2, -0.15) is 0 Å². The Morgan fingerprint density at radius 3 is 2.42 bits per heavy atom. The van der Waals surface area contributed by atoms with Crippen LogP contribution in [0.25, 0.3) is 0 Å². The largest absolute Gasteiger partial charge is 0.481 e. The van der Waals surface area contributed by atoms with Crippen molar-refractivity contribution in [1.82, 2.24) is 0 Å². The molecule has 0 aromatic carbocycles. The van der Waals surface area contributed by atoms with Crippen LogP contribution in [0.3, 0.4) is 0 Å². The van der Waals surface area contributed by atoms with Gasteiger partial charge < -0.3 is 20.3 Å².